The number of fused-ring (bicyclic) bond motifs is 4. The predicted molar refractivity (Wildman–Crippen MR) is 224 cm³/mol. The molecule has 0 spiro atoms. The first kappa shape index (κ1) is 30.1. The molecule has 0 aliphatic carbocycles. The first-order valence-corrected chi connectivity index (χ1v) is 18.0. The zero-order valence-electron chi connectivity index (χ0n) is 28.6. The molecule has 0 nitrogen and oxygen atoms in total. The van der Waals surface area contributed by atoms with Crippen molar-refractivity contribution in [1.29, 1.82) is 0 Å². The highest BCUT2D eigenvalue weighted by molar-refractivity contribution is 6.14. The minimum atomic E-state index is 1.21. The van der Waals surface area contributed by atoms with E-state index in [9.17, 15) is 0 Å². The Morgan fingerprint density at radius 3 is 1.56 bits per heavy atom. The second-order valence-electron chi connectivity index (χ2n) is 13.6. The van der Waals surface area contributed by atoms with Gasteiger partial charge in [-0.3, -0.25) is 0 Å². The van der Waals surface area contributed by atoms with Gasteiger partial charge in [-0.2, -0.15) is 0 Å². The van der Waals surface area contributed by atoms with E-state index in [0.717, 1.165) is 0 Å². The van der Waals surface area contributed by atoms with Gasteiger partial charge in [0.05, 0.1) is 0 Å². The normalized spacial score (nSPS) is 11.5. The minimum Gasteiger partial charge on any atom is -0.0622 e. The molecule has 0 bridgehead atoms. The van der Waals surface area contributed by atoms with Gasteiger partial charge in [0.25, 0.3) is 0 Å². The molecule has 0 aliphatic heterocycles. The highest BCUT2D eigenvalue weighted by Crippen LogP contribution is 2.45. The Labute approximate surface area is 303 Å². The van der Waals surface area contributed by atoms with Crippen LogP contribution in [0, 0.1) is 0 Å². The van der Waals surface area contributed by atoms with Gasteiger partial charge < -0.3 is 0 Å². The molecule has 10 aromatic rings. The standard InChI is InChI=1S/C52H34/c1-3-15-37(16-4-1)50-34-49(45-23-11-12-24-48(45)52(50)38-18-5-2-6-19-38)41-28-29-47-46(44-25-13-21-36-17-9-10-22-42(36)44)31-30-43(51(47)33-41)40-27-26-35-14-7-8-20-39(35)32-40/h1-34H. The van der Waals surface area contributed by atoms with Crippen molar-refractivity contribution in [3.8, 4) is 55.6 Å². The summed E-state index contributed by atoms with van der Waals surface area (Å²) in [5.74, 6) is 0. The van der Waals surface area contributed by atoms with Gasteiger partial charge in [-0.05, 0) is 117 Å². The lowest BCUT2D eigenvalue weighted by Gasteiger charge is -2.19. The van der Waals surface area contributed by atoms with Gasteiger partial charge in [0.2, 0.25) is 0 Å². The Bertz CT molecular complexity index is 2930. The fourth-order valence-electron chi connectivity index (χ4n) is 8.19. The zero-order chi connectivity index (χ0) is 34.4. The molecule has 0 heterocycles. The van der Waals surface area contributed by atoms with Crippen molar-refractivity contribution in [2.45, 2.75) is 0 Å². The van der Waals surface area contributed by atoms with Crippen molar-refractivity contribution in [2.75, 3.05) is 0 Å². The maximum absolute atomic E-state index is 2.44. The van der Waals surface area contributed by atoms with E-state index in [4.69, 9.17) is 0 Å². The molecule has 0 aliphatic rings. The van der Waals surface area contributed by atoms with Gasteiger partial charge in [-0.1, -0.05) is 188 Å². The molecule has 0 amide bonds. The third-order valence-electron chi connectivity index (χ3n) is 10.7. The smallest absolute Gasteiger partial charge is 0.00264 e. The molecule has 0 atom stereocenters. The van der Waals surface area contributed by atoms with Crippen LogP contribution in [0.25, 0.3) is 98.7 Å². The summed E-state index contributed by atoms with van der Waals surface area (Å²) in [6, 6.07) is 75.6. The molecule has 0 saturated carbocycles. The number of rotatable bonds is 5. The van der Waals surface area contributed by atoms with Crippen LogP contribution in [-0.2, 0) is 0 Å². The van der Waals surface area contributed by atoms with Crippen molar-refractivity contribution in [3.63, 3.8) is 0 Å². The summed E-state index contributed by atoms with van der Waals surface area (Å²) in [5, 5.41) is 10.0. The van der Waals surface area contributed by atoms with Gasteiger partial charge in [0.15, 0.2) is 0 Å². The predicted octanol–water partition coefficient (Wildman–Crippen LogP) is 14.6. The zero-order valence-corrected chi connectivity index (χ0v) is 28.6. The Morgan fingerprint density at radius 1 is 0.192 bits per heavy atom. The summed E-state index contributed by atoms with van der Waals surface area (Å²) in [4.78, 5) is 0. The van der Waals surface area contributed by atoms with Crippen LogP contribution >= 0.6 is 0 Å². The van der Waals surface area contributed by atoms with E-state index in [0.29, 0.717) is 0 Å². The van der Waals surface area contributed by atoms with E-state index in [1.54, 1.807) is 0 Å². The van der Waals surface area contributed by atoms with Gasteiger partial charge in [0.1, 0.15) is 0 Å². The topological polar surface area (TPSA) is 0 Å². The summed E-state index contributed by atoms with van der Waals surface area (Å²) in [6.07, 6.45) is 0. The van der Waals surface area contributed by atoms with Gasteiger partial charge in [-0.15, -0.1) is 0 Å². The Hall–Kier alpha value is -6.76. The van der Waals surface area contributed by atoms with E-state index < -0.39 is 0 Å². The lowest BCUT2D eigenvalue weighted by atomic mass is 9.84. The molecule has 0 fully saturated rings. The van der Waals surface area contributed by atoms with E-state index in [-0.39, 0.29) is 0 Å². The molecule has 0 N–H and O–H groups in total. The lowest BCUT2D eigenvalue weighted by Crippen LogP contribution is -1.93. The van der Waals surface area contributed by atoms with Crippen molar-refractivity contribution < 1.29 is 0 Å². The summed E-state index contributed by atoms with van der Waals surface area (Å²) >= 11 is 0. The quantitative estimate of drug-likeness (QED) is 0.173. The number of benzene rings is 10. The maximum Gasteiger partial charge on any atom is -0.00264 e. The second-order valence-corrected chi connectivity index (χ2v) is 13.6. The third kappa shape index (κ3) is 5.08. The summed E-state index contributed by atoms with van der Waals surface area (Å²) in [7, 11) is 0. The second kappa shape index (κ2) is 12.5. The van der Waals surface area contributed by atoms with Crippen molar-refractivity contribution in [1.82, 2.24) is 0 Å². The van der Waals surface area contributed by atoms with Crippen LogP contribution in [0.1, 0.15) is 0 Å². The molecular formula is C52H34. The lowest BCUT2D eigenvalue weighted by molar-refractivity contribution is 1.60. The van der Waals surface area contributed by atoms with Gasteiger partial charge >= 0.3 is 0 Å². The fourth-order valence-corrected chi connectivity index (χ4v) is 8.19. The molecular weight excluding hydrogens is 625 g/mol. The van der Waals surface area contributed by atoms with E-state index in [2.05, 4.69) is 206 Å². The van der Waals surface area contributed by atoms with Crippen LogP contribution in [0.15, 0.2) is 206 Å². The molecule has 0 saturated heterocycles. The minimum absolute atomic E-state index is 1.21. The Kier molecular flexibility index (Phi) is 7.25. The molecule has 242 valence electrons. The van der Waals surface area contributed by atoms with Crippen molar-refractivity contribution >= 4 is 43.1 Å². The molecule has 52 heavy (non-hydrogen) atoms. The molecule has 0 unspecified atom stereocenters. The first-order chi connectivity index (χ1) is 25.8. The molecule has 0 radical (unpaired) electrons. The van der Waals surface area contributed by atoms with Crippen LogP contribution in [-0.4, -0.2) is 0 Å². The average Bonchev–Trinajstić information content (AvgIpc) is 3.22. The maximum atomic E-state index is 2.44. The average molecular weight is 659 g/mol. The molecule has 10 rings (SSSR count). The van der Waals surface area contributed by atoms with Crippen LogP contribution in [0.5, 0.6) is 0 Å². The highest BCUT2D eigenvalue weighted by atomic mass is 14.2. The third-order valence-corrected chi connectivity index (χ3v) is 10.7. The van der Waals surface area contributed by atoms with Crippen molar-refractivity contribution in [3.05, 3.63) is 206 Å². The summed E-state index contributed by atoms with van der Waals surface area (Å²) in [5.41, 5.74) is 12.3. The Balaban J connectivity index is 1.27. The van der Waals surface area contributed by atoms with E-state index in [1.165, 1.54) is 98.7 Å². The molecule has 0 aromatic heterocycles. The van der Waals surface area contributed by atoms with E-state index in [1.807, 2.05) is 0 Å². The molecule has 0 heteroatoms. The van der Waals surface area contributed by atoms with Gasteiger partial charge in [-0.25, -0.2) is 0 Å². The summed E-state index contributed by atoms with van der Waals surface area (Å²) in [6.45, 7) is 0. The monoisotopic (exact) mass is 658 g/mol. The van der Waals surface area contributed by atoms with E-state index >= 15 is 0 Å². The highest BCUT2D eigenvalue weighted by Gasteiger charge is 2.18. The van der Waals surface area contributed by atoms with Gasteiger partial charge in [0, 0.05) is 0 Å². The number of hydrogen-bond donors (Lipinski definition) is 0. The Morgan fingerprint density at radius 2 is 0.750 bits per heavy atom. The van der Waals surface area contributed by atoms with Crippen LogP contribution in [0.4, 0.5) is 0 Å². The largest absolute Gasteiger partial charge is 0.0622 e. The molecule has 10 aromatic carbocycles. The summed E-state index contributed by atoms with van der Waals surface area (Å²) < 4.78 is 0. The van der Waals surface area contributed by atoms with Crippen LogP contribution in [0.3, 0.4) is 0 Å². The SMILES string of the molecule is c1ccc(-c2cc(-c3ccc4c(-c5cccc6ccccc56)ccc(-c5ccc6ccccc6c5)c4c3)c3ccccc3c2-c2ccccc2)cc1. The fraction of sp³-hybridized carbons (Fsp3) is 0. The number of hydrogen-bond acceptors (Lipinski definition) is 0. The first-order valence-electron chi connectivity index (χ1n) is 18.0. The van der Waals surface area contributed by atoms with Crippen molar-refractivity contribution in [2.24, 2.45) is 0 Å². The van der Waals surface area contributed by atoms with Crippen LogP contribution in [0.2, 0.25) is 0 Å². The van der Waals surface area contributed by atoms with Crippen LogP contribution < -0.4 is 0 Å².